The van der Waals surface area contributed by atoms with Crippen LogP contribution < -0.4 is 0 Å². The topological polar surface area (TPSA) is 46.8 Å². The fraction of sp³-hybridized carbons (Fsp3) is 0.632. The van der Waals surface area contributed by atoms with Crippen molar-refractivity contribution in [2.75, 3.05) is 13.1 Å². The molecule has 1 aromatic heterocycles. The molecule has 1 saturated carbocycles. The summed E-state index contributed by atoms with van der Waals surface area (Å²) in [5, 5.41) is 12.9. The van der Waals surface area contributed by atoms with Gasteiger partial charge in [0.15, 0.2) is 5.82 Å². The minimum absolute atomic E-state index is 0.175. The summed E-state index contributed by atoms with van der Waals surface area (Å²) in [5.74, 6) is 1.85. The Morgan fingerprint density at radius 1 is 1.00 bits per heavy atom. The monoisotopic (exact) mass is 325 g/mol. The van der Waals surface area contributed by atoms with Gasteiger partial charge in [0.2, 0.25) is 0 Å². The summed E-state index contributed by atoms with van der Waals surface area (Å²) >= 11 is 0. The molecule has 2 fully saturated rings. The highest BCUT2D eigenvalue weighted by atomic mass is 15.6. The number of hydrogen-bond donors (Lipinski definition) is 0. The summed E-state index contributed by atoms with van der Waals surface area (Å²) in [6, 6.07) is 11.4. The average Bonchev–Trinajstić information content (AvgIpc) is 3.29. The molecule has 0 bridgehead atoms. The predicted molar refractivity (Wildman–Crippen MR) is 93.6 cm³/mol. The number of tetrazole rings is 1. The van der Waals surface area contributed by atoms with E-state index in [9.17, 15) is 0 Å². The number of nitrogens with zero attached hydrogens (tertiary/aromatic N) is 5. The first-order chi connectivity index (χ1) is 11.8. The van der Waals surface area contributed by atoms with Crippen LogP contribution in [0.3, 0.4) is 0 Å². The maximum Gasteiger partial charge on any atom is 0.173 e. The third-order valence-electron chi connectivity index (χ3n) is 5.73. The standard InChI is InChI=1S/C19H27N5/c1-15-11-13-23(14-12-15)18(16-7-3-2-4-8-16)19-20-21-22-24(19)17-9-5-6-10-17/h2-4,7-8,15,17-18H,5-6,9-14H2,1H3/t18-/m1/s1. The summed E-state index contributed by atoms with van der Waals surface area (Å²) in [7, 11) is 0. The predicted octanol–water partition coefficient (Wildman–Crippen LogP) is 3.61. The van der Waals surface area contributed by atoms with E-state index in [0.29, 0.717) is 6.04 Å². The van der Waals surface area contributed by atoms with Crippen LogP contribution in [0, 0.1) is 5.92 Å². The molecule has 4 rings (SSSR count). The normalized spacial score (nSPS) is 22.0. The summed E-state index contributed by atoms with van der Waals surface area (Å²) in [4.78, 5) is 2.58. The van der Waals surface area contributed by atoms with E-state index in [4.69, 9.17) is 0 Å². The largest absolute Gasteiger partial charge is 0.290 e. The molecule has 24 heavy (non-hydrogen) atoms. The fourth-order valence-electron chi connectivity index (χ4n) is 4.23. The number of aromatic nitrogens is 4. The smallest absolute Gasteiger partial charge is 0.173 e. The second-order valence-electron chi connectivity index (χ2n) is 7.45. The minimum Gasteiger partial charge on any atom is -0.290 e. The minimum atomic E-state index is 0.175. The Labute approximate surface area is 144 Å². The zero-order valence-electron chi connectivity index (χ0n) is 14.5. The maximum absolute atomic E-state index is 4.49. The van der Waals surface area contributed by atoms with Crippen molar-refractivity contribution in [1.29, 1.82) is 0 Å². The van der Waals surface area contributed by atoms with Crippen LogP contribution in [0.2, 0.25) is 0 Å². The van der Waals surface area contributed by atoms with E-state index in [-0.39, 0.29) is 6.04 Å². The second-order valence-corrected chi connectivity index (χ2v) is 7.45. The van der Waals surface area contributed by atoms with Gasteiger partial charge in [0.05, 0.1) is 12.1 Å². The molecule has 2 heterocycles. The fourth-order valence-corrected chi connectivity index (χ4v) is 4.23. The van der Waals surface area contributed by atoms with Crippen molar-refractivity contribution >= 4 is 0 Å². The van der Waals surface area contributed by atoms with Crippen LogP contribution in [0.25, 0.3) is 0 Å². The average molecular weight is 325 g/mol. The van der Waals surface area contributed by atoms with Crippen LogP contribution in [0.4, 0.5) is 0 Å². The molecule has 0 N–H and O–H groups in total. The third kappa shape index (κ3) is 3.09. The lowest BCUT2D eigenvalue weighted by molar-refractivity contribution is 0.148. The molecule has 2 aliphatic rings. The van der Waals surface area contributed by atoms with Crippen molar-refractivity contribution in [3.8, 4) is 0 Å². The van der Waals surface area contributed by atoms with Gasteiger partial charge in [0.25, 0.3) is 0 Å². The van der Waals surface area contributed by atoms with E-state index < -0.39 is 0 Å². The van der Waals surface area contributed by atoms with Crippen LogP contribution >= 0.6 is 0 Å². The highest BCUT2D eigenvalue weighted by Crippen LogP contribution is 2.35. The molecule has 5 nitrogen and oxygen atoms in total. The van der Waals surface area contributed by atoms with Crippen LogP contribution in [-0.4, -0.2) is 38.2 Å². The Hall–Kier alpha value is -1.75. The van der Waals surface area contributed by atoms with Gasteiger partial charge in [0, 0.05) is 0 Å². The maximum atomic E-state index is 4.49. The molecule has 1 aliphatic heterocycles. The van der Waals surface area contributed by atoms with Gasteiger partial charge in [-0.25, -0.2) is 4.68 Å². The quantitative estimate of drug-likeness (QED) is 0.861. The molecule has 1 aromatic carbocycles. The third-order valence-corrected chi connectivity index (χ3v) is 5.73. The van der Waals surface area contributed by atoms with Crippen molar-refractivity contribution in [1.82, 2.24) is 25.1 Å². The molecule has 5 heteroatoms. The Balaban J connectivity index is 1.69. The summed E-state index contributed by atoms with van der Waals surface area (Å²) in [6.45, 7) is 4.61. The number of benzene rings is 1. The first-order valence-corrected chi connectivity index (χ1v) is 9.39. The number of hydrogen-bond acceptors (Lipinski definition) is 4. The lowest BCUT2D eigenvalue weighted by atomic mass is 9.95. The number of likely N-dealkylation sites (tertiary alicyclic amines) is 1. The van der Waals surface area contributed by atoms with E-state index in [1.54, 1.807) is 0 Å². The molecule has 0 radical (unpaired) electrons. The molecular weight excluding hydrogens is 298 g/mol. The van der Waals surface area contributed by atoms with Gasteiger partial charge in [0.1, 0.15) is 0 Å². The lowest BCUT2D eigenvalue weighted by Gasteiger charge is -2.36. The zero-order valence-corrected chi connectivity index (χ0v) is 14.5. The van der Waals surface area contributed by atoms with E-state index in [1.165, 1.54) is 44.1 Å². The first kappa shape index (κ1) is 15.8. The Bertz CT molecular complexity index is 639. The van der Waals surface area contributed by atoms with Crippen molar-refractivity contribution in [3.63, 3.8) is 0 Å². The molecule has 0 unspecified atom stereocenters. The van der Waals surface area contributed by atoms with Gasteiger partial charge in [-0.1, -0.05) is 50.1 Å². The van der Waals surface area contributed by atoms with Crippen molar-refractivity contribution in [2.45, 2.75) is 57.5 Å². The number of rotatable bonds is 4. The van der Waals surface area contributed by atoms with Gasteiger partial charge >= 0.3 is 0 Å². The summed E-state index contributed by atoms with van der Waals surface area (Å²) in [6.07, 6.45) is 7.51. The molecule has 1 saturated heterocycles. The summed E-state index contributed by atoms with van der Waals surface area (Å²) < 4.78 is 2.13. The van der Waals surface area contributed by atoms with Crippen LogP contribution in [0.1, 0.15) is 68.9 Å². The molecule has 1 atom stereocenters. The lowest BCUT2D eigenvalue weighted by Crippen LogP contribution is -2.38. The van der Waals surface area contributed by atoms with E-state index in [0.717, 1.165) is 24.8 Å². The SMILES string of the molecule is CC1CCN([C@H](c2ccccc2)c2nnnn2C2CCCC2)CC1. The zero-order chi connectivity index (χ0) is 16.4. The van der Waals surface area contributed by atoms with Crippen LogP contribution in [0.15, 0.2) is 30.3 Å². The molecule has 0 spiro atoms. The number of piperidine rings is 1. The Kier molecular flexibility index (Phi) is 4.60. The van der Waals surface area contributed by atoms with Gasteiger partial charge in [-0.05, 0) is 60.7 Å². The van der Waals surface area contributed by atoms with Crippen LogP contribution in [0.5, 0.6) is 0 Å². The molecule has 2 aromatic rings. The van der Waals surface area contributed by atoms with Crippen molar-refractivity contribution in [2.24, 2.45) is 5.92 Å². The summed E-state index contributed by atoms with van der Waals surface area (Å²) in [5.41, 5.74) is 1.31. The second kappa shape index (κ2) is 7.01. The highest BCUT2D eigenvalue weighted by molar-refractivity contribution is 5.25. The Morgan fingerprint density at radius 3 is 2.42 bits per heavy atom. The molecule has 0 amide bonds. The van der Waals surface area contributed by atoms with Gasteiger partial charge in [-0.3, -0.25) is 4.90 Å². The van der Waals surface area contributed by atoms with E-state index in [1.807, 2.05) is 0 Å². The highest BCUT2D eigenvalue weighted by Gasteiger charge is 2.32. The van der Waals surface area contributed by atoms with E-state index in [2.05, 4.69) is 62.4 Å². The molecular formula is C19H27N5. The van der Waals surface area contributed by atoms with Gasteiger partial charge in [-0.15, -0.1) is 5.10 Å². The van der Waals surface area contributed by atoms with Gasteiger partial charge < -0.3 is 0 Å². The van der Waals surface area contributed by atoms with Gasteiger partial charge in [-0.2, -0.15) is 0 Å². The van der Waals surface area contributed by atoms with Crippen LogP contribution in [-0.2, 0) is 0 Å². The molecule has 1 aliphatic carbocycles. The van der Waals surface area contributed by atoms with Crippen molar-refractivity contribution < 1.29 is 0 Å². The molecule has 128 valence electrons. The Morgan fingerprint density at radius 2 is 1.71 bits per heavy atom. The van der Waals surface area contributed by atoms with E-state index >= 15 is 0 Å². The first-order valence-electron chi connectivity index (χ1n) is 9.39. The van der Waals surface area contributed by atoms with Crippen molar-refractivity contribution in [3.05, 3.63) is 41.7 Å².